The lowest BCUT2D eigenvalue weighted by atomic mass is 10.3. The number of rotatable bonds is 8. The fraction of sp³-hybridized carbons (Fsp3) is 0.667. The summed E-state index contributed by atoms with van der Waals surface area (Å²) in [4.78, 5) is 8.85. The van der Waals surface area contributed by atoms with Gasteiger partial charge in [-0.15, -0.1) is 0 Å². The number of hydrogen-bond acceptors (Lipinski definition) is 6. The van der Waals surface area contributed by atoms with Gasteiger partial charge < -0.3 is 20.5 Å². The topological polar surface area (TPSA) is 79.3 Å². The number of anilines is 2. The Kier molecular flexibility index (Phi) is 6.38. The fourth-order valence-corrected chi connectivity index (χ4v) is 1.54. The maximum absolute atomic E-state index is 8.59. The third kappa shape index (κ3) is 4.12. The Morgan fingerprint density at radius 1 is 1.22 bits per heavy atom. The summed E-state index contributed by atoms with van der Waals surface area (Å²) in [6, 6.07) is 0. The predicted molar refractivity (Wildman–Crippen MR) is 72.1 cm³/mol. The van der Waals surface area contributed by atoms with Gasteiger partial charge in [0, 0.05) is 25.6 Å². The third-order valence-electron chi connectivity index (χ3n) is 2.52. The van der Waals surface area contributed by atoms with Gasteiger partial charge in [0.05, 0.1) is 19.8 Å². The fourth-order valence-electron chi connectivity index (χ4n) is 1.54. The molecule has 0 unspecified atom stereocenters. The molecule has 1 rings (SSSR count). The van der Waals surface area contributed by atoms with Crippen LogP contribution in [0.1, 0.15) is 18.3 Å². The van der Waals surface area contributed by atoms with E-state index in [0.29, 0.717) is 19.8 Å². The number of nitrogens with zero attached hydrogens (tertiary/aromatic N) is 2. The van der Waals surface area contributed by atoms with Gasteiger partial charge in [0.15, 0.2) is 0 Å². The second-order valence-electron chi connectivity index (χ2n) is 3.83. The molecular formula is C12H22N4O2. The molecule has 0 fully saturated rings. The Bertz CT molecular complexity index is 371. The van der Waals surface area contributed by atoms with E-state index in [0.717, 1.165) is 29.4 Å². The summed E-state index contributed by atoms with van der Waals surface area (Å²) >= 11 is 0. The van der Waals surface area contributed by atoms with E-state index in [9.17, 15) is 0 Å². The Morgan fingerprint density at radius 3 is 2.56 bits per heavy atom. The van der Waals surface area contributed by atoms with E-state index in [2.05, 4.69) is 20.6 Å². The lowest BCUT2D eigenvalue weighted by molar-refractivity contribution is 0.0992. The average molecular weight is 254 g/mol. The van der Waals surface area contributed by atoms with Crippen LogP contribution in [0.15, 0.2) is 0 Å². The lowest BCUT2D eigenvalue weighted by Crippen LogP contribution is -2.15. The molecule has 6 nitrogen and oxygen atoms in total. The van der Waals surface area contributed by atoms with Crippen LogP contribution in [0, 0.1) is 6.92 Å². The summed E-state index contributed by atoms with van der Waals surface area (Å²) in [5.74, 6) is 2.49. The van der Waals surface area contributed by atoms with Crippen LogP contribution < -0.4 is 10.6 Å². The van der Waals surface area contributed by atoms with Crippen LogP contribution in [-0.2, 0) is 11.2 Å². The number of aliphatic hydroxyl groups is 1. The minimum absolute atomic E-state index is 0.0520. The highest BCUT2D eigenvalue weighted by Crippen LogP contribution is 2.19. The predicted octanol–water partition coefficient (Wildman–Crippen LogP) is 0.810. The van der Waals surface area contributed by atoms with Crippen molar-refractivity contribution in [2.75, 3.05) is 44.0 Å². The molecule has 0 aliphatic rings. The molecule has 0 spiro atoms. The van der Waals surface area contributed by atoms with Gasteiger partial charge in [-0.05, 0) is 6.92 Å². The standard InChI is InChI=1S/C12H22N4O2/c1-4-10-15-11(13-3)9(2)12(16-10)14-5-7-18-8-6-17/h17H,4-8H2,1-3H3,(H2,13,14,15,16). The average Bonchev–Trinajstić information content (AvgIpc) is 2.40. The molecule has 0 aliphatic heterocycles. The molecule has 0 amide bonds. The summed E-state index contributed by atoms with van der Waals surface area (Å²) in [5.41, 5.74) is 0.997. The number of nitrogens with one attached hydrogen (secondary N) is 2. The zero-order valence-corrected chi connectivity index (χ0v) is 11.3. The van der Waals surface area contributed by atoms with E-state index in [-0.39, 0.29) is 6.61 Å². The van der Waals surface area contributed by atoms with Gasteiger partial charge in [-0.25, -0.2) is 9.97 Å². The molecule has 0 aromatic carbocycles. The monoisotopic (exact) mass is 254 g/mol. The molecule has 18 heavy (non-hydrogen) atoms. The first kappa shape index (κ1) is 14.7. The van der Waals surface area contributed by atoms with Crippen molar-refractivity contribution < 1.29 is 9.84 Å². The van der Waals surface area contributed by atoms with E-state index >= 15 is 0 Å². The number of hydrogen-bond donors (Lipinski definition) is 3. The van der Waals surface area contributed by atoms with Crippen LogP contribution >= 0.6 is 0 Å². The molecule has 3 N–H and O–H groups in total. The highest BCUT2D eigenvalue weighted by Gasteiger charge is 2.08. The molecule has 102 valence electrons. The molecule has 0 bridgehead atoms. The molecule has 0 saturated carbocycles. The van der Waals surface area contributed by atoms with Crippen LogP contribution in [-0.4, -0.2) is 48.5 Å². The SMILES string of the molecule is CCc1nc(NC)c(C)c(NCCOCCO)n1. The van der Waals surface area contributed by atoms with Crippen molar-refractivity contribution in [1.29, 1.82) is 0 Å². The van der Waals surface area contributed by atoms with Crippen LogP contribution in [0.25, 0.3) is 0 Å². The van der Waals surface area contributed by atoms with E-state index < -0.39 is 0 Å². The molecule has 6 heteroatoms. The smallest absolute Gasteiger partial charge is 0.134 e. The van der Waals surface area contributed by atoms with Crippen LogP contribution in [0.3, 0.4) is 0 Å². The van der Waals surface area contributed by atoms with Gasteiger partial charge >= 0.3 is 0 Å². The largest absolute Gasteiger partial charge is 0.394 e. The molecular weight excluding hydrogens is 232 g/mol. The Hall–Kier alpha value is -1.40. The maximum Gasteiger partial charge on any atom is 0.134 e. The quantitative estimate of drug-likeness (QED) is 0.596. The van der Waals surface area contributed by atoms with E-state index in [1.54, 1.807) is 0 Å². The molecule has 0 radical (unpaired) electrons. The van der Waals surface area contributed by atoms with Crippen molar-refractivity contribution >= 4 is 11.6 Å². The second kappa shape index (κ2) is 7.84. The Labute approximate surface area is 108 Å². The maximum atomic E-state index is 8.59. The molecule has 0 atom stereocenters. The number of aromatic nitrogens is 2. The van der Waals surface area contributed by atoms with E-state index in [4.69, 9.17) is 9.84 Å². The highest BCUT2D eigenvalue weighted by atomic mass is 16.5. The molecule has 0 saturated heterocycles. The molecule has 1 heterocycles. The van der Waals surface area contributed by atoms with E-state index in [1.165, 1.54) is 0 Å². The van der Waals surface area contributed by atoms with Gasteiger partial charge in [0.1, 0.15) is 17.5 Å². The van der Waals surface area contributed by atoms with Gasteiger partial charge in [0.2, 0.25) is 0 Å². The van der Waals surface area contributed by atoms with Crippen LogP contribution in [0.2, 0.25) is 0 Å². The summed E-state index contributed by atoms with van der Waals surface area (Å²) in [7, 11) is 1.85. The summed E-state index contributed by atoms with van der Waals surface area (Å²) in [6.07, 6.45) is 0.796. The van der Waals surface area contributed by atoms with Crippen molar-refractivity contribution in [3.63, 3.8) is 0 Å². The van der Waals surface area contributed by atoms with Crippen molar-refractivity contribution in [2.24, 2.45) is 0 Å². The van der Waals surface area contributed by atoms with Gasteiger partial charge in [-0.3, -0.25) is 0 Å². The van der Waals surface area contributed by atoms with Crippen molar-refractivity contribution in [3.8, 4) is 0 Å². The second-order valence-corrected chi connectivity index (χ2v) is 3.83. The Balaban J connectivity index is 2.63. The van der Waals surface area contributed by atoms with Gasteiger partial charge in [-0.2, -0.15) is 0 Å². The van der Waals surface area contributed by atoms with Crippen molar-refractivity contribution in [1.82, 2.24) is 9.97 Å². The molecule has 1 aromatic rings. The lowest BCUT2D eigenvalue weighted by Gasteiger charge is -2.13. The number of aryl methyl sites for hydroxylation is 1. The van der Waals surface area contributed by atoms with Crippen LogP contribution in [0.4, 0.5) is 11.6 Å². The Morgan fingerprint density at radius 2 is 1.94 bits per heavy atom. The first-order valence-electron chi connectivity index (χ1n) is 6.20. The molecule has 1 aromatic heterocycles. The van der Waals surface area contributed by atoms with Gasteiger partial charge in [0.25, 0.3) is 0 Å². The third-order valence-corrected chi connectivity index (χ3v) is 2.52. The van der Waals surface area contributed by atoms with Crippen LogP contribution in [0.5, 0.6) is 0 Å². The van der Waals surface area contributed by atoms with E-state index in [1.807, 2.05) is 20.9 Å². The molecule has 0 aliphatic carbocycles. The van der Waals surface area contributed by atoms with Gasteiger partial charge in [-0.1, -0.05) is 6.92 Å². The summed E-state index contributed by atoms with van der Waals surface area (Å²) < 4.78 is 5.19. The minimum atomic E-state index is 0.0520. The first-order chi connectivity index (χ1) is 8.72. The summed E-state index contributed by atoms with van der Waals surface area (Å²) in [5, 5.41) is 14.9. The van der Waals surface area contributed by atoms with Crippen molar-refractivity contribution in [3.05, 3.63) is 11.4 Å². The van der Waals surface area contributed by atoms with Crippen molar-refractivity contribution in [2.45, 2.75) is 20.3 Å². The normalized spacial score (nSPS) is 10.4. The zero-order valence-electron chi connectivity index (χ0n) is 11.3. The number of aliphatic hydroxyl groups excluding tert-OH is 1. The summed E-state index contributed by atoms with van der Waals surface area (Å²) in [6.45, 7) is 5.62. The number of ether oxygens (including phenoxy) is 1. The highest BCUT2D eigenvalue weighted by molar-refractivity contribution is 5.56. The first-order valence-corrected chi connectivity index (χ1v) is 6.20. The minimum Gasteiger partial charge on any atom is -0.394 e. The zero-order chi connectivity index (χ0) is 13.4.